The van der Waals surface area contributed by atoms with Crippen molar-refractivity contribution in [2.45, 2.75) is 33.6 Å². The van der Waals surface area contributed by atoms with Gasteiger partial charge in [0.05, 0.1) is 11.5 Å². The smallest absolute Gasteiger partial charge is 0.343 e. The molecule has 1 unspecified atom stereocenters. The first-order valence-electron chi connectivity index (χ1n) is 9.67. The molecule has 8 nitrogen and oxygen atoms in total. The molecule has 0 saturated carbocycles. The normalized spacial score (nSPS) is 13.6. The first-order chi connectivity index (χ1) is 15.2. The monoisotopic (exact) mass is 486 g/mol. The van der Waals surface area contributed by atoms with E-state index in [1.807, 2.05) is 6.07 Å². The molecule has 0 saturated heterocycles. The zero-order chi connectivity index (χ0) is 24.8. The highest BCUT2D eigenvalue weighted by atomic mass is 35.5. The summed E-state index contributed by atoms with van der Waals surface area (Å²) in [7, 11) is 0. The molecule has 32 heavy (non-hydrogen) atoms. The zero-order valence-electron chi connectivity index (χ0n) is 18.4. The van der Waals surface area contributed by atoms with Crippen LogP contribution in [0, 0.1) is 18.3 Å². The van der Waals surface area contributed by atoms with Crippen LogP contribution in [0.3, 0.4) is 0 Å². The van der Waals surface area contributed by atoms with Gasteiger partial charge in [0.1, 0.15) is 23.2 Å². The molecule has 3 rings (SSSR count). The maximum atomic E-state index is 12.4. The molecular formula is C22H28Cl2N2O6. The quantitative estimate of drug-likeness (QED) is 0.478. The standard InChI is InChI=1S/C16H10Cl2N2O3.3C2H6O/c1-7-5-11-14(16(21)22-7)12(8(6-19)15(20)23-11)13-9(17)3-2-4-10(13)18;3*1-2-3/h2-5,12H,20H2,1H3;3*3H,2H2,1H3. The molecule has 1 aliphatic rings. The lowest BCUT2D eigenvalue weighted by Crippen LogP contribution is -2.26. The van der Waals surface area contributed by atoms with E-state index in [0.29, 0.717) is 21.4 Å². The van der Waals surface area contributed by atoms with Gasteiger partial charge in [-0.2, -0.15) is 5.26 Å². The van der Waals surface area contributed by atoms with E-state index < -0.39 is 11.5 Å². The van der Waals surface area contributed by atoms with Crippen molar-refractivity contribution < 1.29 is 24.5 Å². The van der Waals surface area contributed by atoms with Gasteiger partial charge in [0, 0.05) is 41.5 Å². The number of aryl methyl sites for hydroxylation is 1. The molecule has 2 heterocycles. The second-order valence-corrected chi connectivity index (χ2v) is 6.75. The van der Waals surface area contributed by atoms with E-state index in [-0.39, 0.29) is 42.6 Å². The molecule has 0 bridgehead atoms. The number of hydrogen-bond donors (Lipinski definition) is 4. The number of hydrogen-bond acceptors (Lipinski definition) is 8. The van der Waals surface area contributed by atoms with E-state index in [1.54, 1.807) is 45.9 Å². The summed E-state index contributed by atoms with van der Waals surface area (Å²) in [5.41, 5.74) is 5.85. The van der Waals surface area contributed by atoms with Crippen molar-refractivity contribution in [3.8, 4) is 11.8 Å². The van der Waals surface area contributed by atoms with E-state index in [4.69, 9.17) is 53.4 Å². The SMILES string of the molecule is CCO.CCO.CCO.Cc1cc2c(c(=O)o1)C(c1c(Cl)cccc1Cl)C(C#N)=C(N)O2. The molecule has 176 valence electrons. The third-order valence-electron chi connectivity index (χ3n) is 3.54. The van der Waals surface area contributed by atoms with Gasteiger partial charge >= 0.3 is 5.63 Å². The topological polar surface area (TPSA) is 150 Å². The average molecular weight is 487 g/mol. The molecule has 1 aromatic heterocycles. The number of nitrogens with zero attached hydrogens (tertiary/aromatic N) is 1. The third kappa shape index (κ3) is 7.86. The van der Waals surface area contributed by atoms with Crippen molar-refractivity contribution in [2.75, 3.05) is 19.8 Å². The molecule has 0 aliphatic carbocycles. The Labute approximate surface area is 197 Å². The Morgan fingerprint density at radius 3 is 1.97 bits per heavy atom. The number of fused-ring (bicyclic) bond motifs is 1. The van der Waals surface area contributed by atoms with Gasteiger partial charge in [-0.3, -0.25) is 0 Å². The van der Waals surface area contributed by atoms with Gasteiger partial charge in [0.15, 0.2) is 0 Å². The van der Waals surface area contributed by atoms with Crippen LogP contribution >= 0.6 is 23.2 Å². The molecular weight excluding hydrogens is 459 g/mol. The molecule has 1 atom stereocenters. The summed E-state index contributed by atoms with van der Waals surface area (Å²) in [6.45, 7) is 7.40. The fourth-order valence-corrected chi connectivity index (χ4v) is 3.21. The lowest BCUT2D eigenvalue weighted by molar-refractivity contribution is 0.318. The van der Waals surface area contributed by atoms with E-state index in [0.717, 1.165) is 0 Å². The van der Waals surface area contributed by atoms with Crippen LogP contribution in [0.1, 0.15) is 43.6 Å². The fraction of sp³-hybridized carbons (Fsp3) is 0.364. The van der Waals surface area contributed by atoms with E-state index in [1.165, 1.54) is 6.07 Å². The number of aliphatic hydroxyl groups excluding tert-OH is 3. The van der Waals surface area contributed by atoms with Gasteiger partial charge in [-0.25, -0.2) is 4.79 Å². The third-order valence-corrected chi connectivity index (χ3v) is 4.20. The van der Waals surface area contributed by atoms with Crippen LogP contribution in [0.15, 0.2) is 44.9 Å². The molecule has 10 heteroatoms. The van der Waals surface area contributed by atoms with Crippen LogP contribution < -0.4 is 16.1 Å². The Morgan fingerprint density at radius 1 is 1.06 bits per heavy atom. The van der Waals surface area contributed by atoms with Crippen molar-refractivity contribution in [3.63, 3.8) is 0 Å². The summed E-state index contributed by atoms with van der Waals surface area (Å²) >= 11 is 12.5. The zero-order valence-corrected chi connectivity index (χ0v) is 19.9. The van der Waals surface area contributed by atoms with Crippen LogP contribution in [-0.4, -0.2) is 35.1 Å². The van der Waals surface area contributed by atoms with E-state index in [2.05, 4.69) is 0 Å². The summed E-state index contributed by atoms with van der Waals surface area (Å²) in [6.07, 6.45) is 0. The number of rotatable bonds is 1. The van der Waals surface area contributed by atoms with Crippen LogP contribution in [0.2, 0.25) is 10.0 Å². The summed E-state index contributed by atoms with van der Waals surface area (Å²) in [6, 6.07) is 8.43. The van der Waals surface area contributed by atoms with Gasteiger partial charge in [-0.1, -0.05) is 29.3 Å². The Morgan fingerprint density at radius 2 is 1.53 bits per heavy atom. The number of ether oxygens (including phenoxy) is 1. The molecule has 2 aromatic rings. The number of aliphatic hydroxyl groups is 3. The van der Waals surface area contributed by atoms with Crippen molar-refractivity contribution in [1.82, 2.24) is 0 Å². The van der Waals surface area contributed by atoms with Gasteiger partial charge in [-0.05, 0) is 39.8 Å². The Hall–Kier alpha value is -2.54. The highest BCUT2D eigenvalue weighted by Crippen LogP contribution is 2.45. The maximum absolute atomic E-state index is 12.4. The minimum Gasteiger partial charge on any atom is -0.440 e. The Bertz CT molecular complexity index is 974. The minimum atomic E-state index is -0.846. The van der Waals surface area contributed by atoms with Crippen LogP contribution in [-0.2, 0) is 0 Å². The van der Waals surface area contributed by atoms with Gasteiger partial charge < -0.3 is 30.2 Å². The first kappa shape index (κ1) is 29.5. The summed E-state index contributed by atoms with van der Waals surface area (Å²) in [5.74, 6) is -0.338. The largest absolute Gasteiger partial charge is 0.440 e. The predicted octanol–water partition coefficient (Wildman–Crippen LogP) is 3.47. The lowest BCUT2D eigenvalue weighted by atomic mass is 9.84. The van der Waals surface area contributed by atoms with Crippen molar-refractivity contribution >= 4 is 23.2 Å². The van der Waals surface area contributed by atoms with Crippen LogP contribution in [0.5, 0.6) is 5.75 Å². The van der Waals surface area contributed by atoms with Crippen LogP contribution in [0.25, 0.3) is 0 Å². The number of benzene rings is 1. The Kier molecular flexibility index (Phi) is 14.1. The van der Waals surface area contributed by atoms with Gasteiger partial charge in [0.2, 0.25) is 5.88 Å². The highest BCUT2D eigenvalue weighted by Gasteiger charge is 2.36. The van der Waals surface area contributed by atoms with E-state index >= 15 is 0 Å². The molecule has 1 aliphatic heterocycles. The van der Waals surface area contributed by atoms with Crippen molar-refractivity contribution in [1.29, 1.82) is 5.26 Å². The Balaban J connectivity index is 0.000000925. The van der Waals surface area contributed by atoms with E-state index in [9.17, 15) is 10.1 Å². The number of nitriles is 1. The second kappa shape index (κ2) is 15.3. The summed E-state index contributed by atoms with van der Waals surface area (Å²) < 4.78 is 10.6. The molecule has 5 N–H and O–H groups in total. The molecule has 0 radical (unpaired) electrons. The number of nitrogens with two attached hydrogens (primary N) is 1. The minimum absolute atomic E-state index is 0.0589. The molecule has 0 amide bonds. The highest BCUT2D eigenvalue weighted by molar-refractivity contribution is 6.36. The number of halogens is 2. The average Bonchev–Trinajstić information content (AvgIpc) is 2.69. The van der Waals surface area contributed by atoms with Gasteiger partial charge in [0.25, 0.3) is 0 Å². The molecule has 1 aromatic carbocycles. The number of allylic oxidation sites excluding steroid dienone is 1. The molecule has 0 fully saturated rings. The van der Waals surface area contributed by atoms with Crippen molar-refractivity contribution in [2.24, 2.45) is 5.73 Å². The van der Waals surface area contributed by atoms with Crippen molar-refractivity contribution in [3.05, 3.63) is 73.1 Å². The summed E-state index contributed by atoms with van der Waals surface area (Å²) in [4.78, 5) is 12.4. The summed E-state index contributed by atoms with van der Waals surface area (Å²) in [5, 5.41) is 32.8. The van der Waals surface area contributed by atoms with Crippen LogP contribution in [0.4, 0.5) is 0 Å². The maximum Gasteiger partial charge on any atom is 0.343 e. The molecule has 0 spiro atoms. The first-order valence-corrected chi connectivity index (χ1v) is 10.4. The second-order valence-electron chi connectivity index (χ2n) is 5.93. The van der Waals surface area contributed by atoms with Gasteiger partial charge in [-0.15, -0.1) is 0 Å². The fourth-order valence-electron chi connectivity index (χ4n) is 2.59. The predicted molar refractivity (Wildman–Crippen MR) is 124 cm³/mol. The lowest BCUT2D eigenvalue weighted by Gasteiger charge is -2.26.